The summed E-state index contributed by atoms with van der Waals surface area (Å²) in [5.41, 5.74) is 0.994. The monoisotopic (exact) mass is 407 g/mol. The predicted octanol–water partition coefficient (Wildman–Crippen LogP) is 2.35. The van der Waals surface area contributed by atoms with Crippen LogP contribution in [0.3, 0.4) is 0 Å². The second-order valence-electron chi connectivity index (χ2n) is 8.55. The van der Waals surface area contributed by atoms with Gasteiger partial charge in [-0.05, 0) is 58.7 Å². The number of rotatable bonds is 5. The average Bonchev–Trinajstić information content (AvgIpc) is 3.48. The lowest BCUT2D eigenvalue weighted by atomic mass is 10.1. The third kappa shape index (κ3) is 5.11. The lowest BCUT2D eigenvalue weighted by Gasteiger charge is -2.21. The number of anilines is 1. The summed E-state index contributed by atoms with van der Waals surface area (Å²) in [6, 6.07) is 8.25. The van der Waals surface area contributed by atoms with Crippen LogP contribution in [0.25, 0.3) is 11.3 Å². The molecule has 1 aliphatic carbocycles. The Kier molecular flexibility index (Phi) is 5.74. The van der Waals surface area contributed by atoms with E-state index in [4.69, 9.17) is 0 Å². The molecule has 1 aromatic carbocycles. The lowest BCUT2D eigenvalue weighted by molar-refractivity contribution is -0.123. The quantitative estimate of drug-likeness (QED) is 0.789. The van der Waals surface area contributed by atoms with Crippen molar-refractivity contribution in [2.45, 2.75) is 52.6 Å². The van der Waals surface area contributed by atoms with Crippen LogP contribution in [0.5, 0.6) is 0 Å². The molecule has 2 amide bonds. The summed E-state index contributed by atoms with van der Waals surface area (Å²) < 4.78 is 1.30. The van der Waals surface area contributed by atoms with Crippen molar-refractivity contribution in [3.8, 4) is 17.3 Å². The van der Waals surface area contributed by atoms with Crippen molar-refractivity contribution in [1.29, 1.82) is 5.26 Å². The number of hydrogen-bond acceptors (Lipinski definition) is 5. The molecule has 156 valence electrons. The molecule has 8 heteroatoms. The predicted molar refractivity (Wildman–Crippen MR) is 113 cm³/mol. The van der Waals surface area contributed by atoms with E-state index in [1.165, 1.54) is 10.6 Å². The number of aromatic nitrogens is 2. The summed E-state index contributed by atoms with van der Waals surface area (Å²) in [6.07, 6.45) is 1.70. The van der Waals surface area contributed by atoms with Crippen LogP contribution in [0.15, 0.2) is 29.1 Å². The number of aryl methyl sites for hydroxylation is 1. The van der Waals surface area contributed by atoms with Crippen LogP contribution in [-0.2, 0) is 16.1 Å². The molecule has 0 bridgehead atoms. The zero-order valence-electron chi connectivity index (χ0n) is 17.6. The summed E-state index contributed by atoms with van der Waals surface area (Å²) in [5.74, 6) is -0.00808. The number of carbonyl (C=O) groups excluding carboxylic acids is 2. The number of nitrogens with zero attached hydrogens (tertiary/aromatic N) is 3. The van der Waals surface area contributed by atoms with E-state index in [2.05, 4.69) is 21.7 Å². The number of nitriles is 1. The number of nitrogens with one attached hydrogen (secondary N) is 2. The molecular weight excluding hydrogens is 382 g/mol. The Morgan fingerprint density at radius 3 is 2.53 bits per heavy atom. The molecule has 30 heavy (non-hydrogen) atoms. The fourth-order valence-corrected chi connectivity index (χ4v) is 3.07. The van der Waals surface area contributed by atoms with E-state index in [1.54, 1.807) is 25.1 Å². The Hall–Kier alpha value is -3.47. The number of carbonyl (C=O) groups is 2. The molecule has 1 aromatic heterocycles. The first-order valence-electron chi connectivity index (χ1n) is 9.82. The fourth-order valence-electron chi connectivity index (χ4n) is 3.07. The third-order valence-electron chi connectivity index (χ3n) is 4.65. The average molecular weight is 407 g/mol. The molecule has 0 unspecified atom stereocenters. The molecule has 2 N–H and O–H groups in total. The molecule has 0 aliphatic heterocycles. The van der Waals surface area contributed by atoms with Gasteiger partial charge in [0, 0.05) is 23.1 Å². The maximum Gasteiger partial charge on any atom is 0.254 e. The second-order valence-corrected chi connectivity index (χ2v) is 8.55. The highest BCUT2D eigenvalue weighted by atomic mass is 16.2. The zero-order valence-corrected chi connectivity index (χ0v) is 17.6. The highest BCUT2D eigenvalue weighted by Crippen LogP contribution is 2.33. The molecule has 8 nitrogen and oxygen atoms in total. The van der Waals surface area contributed by atoms with E-state index < -0.39 is 5.54 Å². The van der Waals surface area contributed by atoms with Crippen LogP contribution in [0.4, 0.5) is 5.69 Å². The molecule has 0 spiro atoms. The normalized spacial score (nSPS) is 13.4. The standard InChI is InChI=1S/C22H25N5O3/c1-13-24-18(10-20(29)27(13)12-19(28)26-22(2,3)4)16-8-5-14(11-23)9-17(16)25-21(30)15-6-7-15/h5,8-10,15H,6-7,12H2,1-4H3,(H,25,30)(H,26,28). The first kappa shape index (κ1) is 21.2. The van der Waals surface area contributed by atoms with Crippen molar-refractivity contribution < 1.29 is 9.59 Å². The van der Waals surface area contributed by atoms with Crippen molar-refractivity contribution in [3.63, 3.8) is 0 Å². The van der Waals surface area contributed by atoms with E-state index in [0.717, 1.165) is 12.8 Å². The van der Waals surface area contributed by atoms with E-state index in [1.807, 2.05) is 20.8 Å². The Balaban J connectivity index is 1.94. The van der Waals surface area contributed by atoms with Crippen molar-refractivity contribution in [2.24, 2.45) is 5.92 Å². The van der Waals surface area contributed by atoms with Gasteiger partial charge in [-0.3, -0.25) is 19.0 Å². The van der Waals surface area contributed by atoms with E-state index >= 15 is 0 Å². The van der Waals surface area contributed by atoms with Crippen LogP contribution < -0.4 is 16.2 Å². The SMILES string of the molecule is Cc1nc(-c2ccc(C#N)cc2NC(=O)C2CC2)cc(=O)n1CC(=O)NC(C)(C)C. The first-order chi connectivity index (χ1) is 14.1. The fraction of sp³-hybridized carbons (Fsp3) is 0.409. The molecule has 1 heterocycles. The van der Waals surface area contributed by atoms with Crippen molar-refractivity contribution >= 4 is 17.5 Å². The Labute approximate surface area is 174 Å². The Morgan fingerprint density at radius 1 is 1.27 bits per heavy atom. The van der Waals surface area contributed by atoms with Crippen molar-refractivity contribution in [2.75, 3.05) is 5.32 Å². The summed E-state index contributed by atoms with van der Waals surface area (Å²) >= 11 is 0. The zero-order chi connectivity index (χ0) is 22.1. The van der Waals surface area contributed by atoms with Gasteiger partial charge in [-0.25, -0.2) is 4.98 Å². The Morgan fingerprint density at radius 2 is 1.97 bits per heavy atom. The van der Waals surface area contributed by atoms with Gasteiger partial charge in [0.25, 0.3) is 5.56 Å². The molecule has 1 saturated carbocycles. The van der Waals surface area contributed by atoms with E-state index in [-0.39, 0.29) is 29.8 Å². The molecule has 0 atom stereocenters. The topological polar surface area (TPSA) is 117 Å². The van der Waals surface area contributed by atoms with Crippen LogP contribution >= 0.6 is 0 Å². The summed E-state index contributed by atoms with van der Waals surface area (Å²) in [5, 5.41) is 14.9. The van der Waals surface area contributed by atoms with Gasteiger partial charge >= 0.3 is 0 Å². The third-order valence-corrected chi connectivity index (χ3v) is 4.65. The van der Waals surface area contributed by atoms with Crippen molar-refractivity contribution in [1.82, 2.24) is 14.9 Å². The van der Waals surface area contributed by atoms with Crippen LogP contribution in [-0.4, -0.2) is 26.9 Å². The molecular formula is C22H25N5O3. The van der Waals surface area contributed by atoms with E-state index in [9.17, 15) is 19.6 Å². The van der Waals surface area contributed by atoms with Crippen LogP contribution in [0, 0.1) is 24.2 Å². The van der Waals surface area contributed by atoms with Gasteiger partial charge in [-0.1, -0.05) is 0 Å². The highest BCUT2D eigenvalue weighted by Gasteiger charge is 2.30. The largest absolute Gasteiger partial charge is 0.350 e. The minimum Gasteiger partial charge on any atom is -0.350 e. The maximum atomic E-state index is 12.7. The lowest BCUT2D eigenvalue weighted by Crippen LogP contribution is -2.43. The number of benzene rings is 1. The summed E-state index contributed by atoms with van der Waals surface area (Å²) in [6.45, 7) is 7.12. The number of amides is 2. The smallest absolute Gasteiger partial charge is 0.254 e. The van der Waals surface area contributed by atoms with Gasteiger partial charge in [0.15, 0.2) is 0 Å². The van der Waals surface area contributed by atoms with Gasteiger partial charge < -0.3 is 10.6 Å². The van der Waals surface area contributed by atoms with Gasteiger partial charge in [0.1, 0.15) is 12.4 Å². The minimum atomic E-state index is -0.404. The number of hydrogen-bond donors (Lipinski definition) is 2. The van der Waals surface area contributed by atoms with Crippen LogP contribution in [0.1, 0.15) is 45.0 Å². The van der Waals surface area contributed by atoms with Gasteiger partial charge in [-0.15, -0.1) is 0 Å². The Bertz CT molecular complexity index is 1100. The van der Waals surface area contributed by atoms with Crippen LogP contribution in [0.2, 0.25) is 0 Å². The summed E-state index contributed by atoms with van der Waals surface area (Å²) in [4.78, 5) is 41.7. The molecule has 2 aromatic rings. The molecule has 1 aliphatic rings. The van der Waals surface area contributed by atoms with E-state index in [0.29, 0.717) is 28.3 Å². The second kappa shape index (κ2) is 8.11. The van der Waals surface area contributed by atoms with Crippen molar-refractivity contribution in [3.05, 3.63) is 46.0 Å². The maximum absolute atomic E-state index is 12.7. The minimum absolute atomic E-state index is 0.00684. The summed E-state index contributed by atoms with van der Waals surface area (Å²) in [7, 11) is 0. The van der Waals surface area contributed by atoms with Gasteiger partial charge in [0.05, 0.1) is 23.0 Å². The molecule has 0 saturated heterocycles. The molecule has 3 rings (SSSR count). The molecule has 0 radical (unpaired) electrons. The van der Waals surface area contributed by atoms with Gasteiger partial charge in [-0.2, -0.15) is 5.26 Å². The first-order valence-corrected chi connectivity index (χ1v) is 9.82. The molecule has 1 fully saturated rings. The highest BCUT2D eigenvalue weighted by molar-refractivity contribution is 5.97. The van der Waals surface area contributed by atoms with Gasteiger partial charge in [0.2, 0.25) is 11.8 Å².